The molecular formula is C19H17NO4. The minimum Gasteiger partial charge on any atom is -0.508 e. The van der Waals surface area contributed by atoms with Crippen LogP contribution in [0.4, 0.5) is 0 Å². The first-order valence-corrected chi connectivity index (χ1v) is 7.88. The lowest BCUT2D eigenvalue weighted by Crippen LogP contribution is -2.33. The highest BCUT2D eigenvalue weighted by atomic mass is 16.4. The molecule has 0 bridgehead atoms. The second-order valence-electron chi connectivity index (χ2n) is 6.13. The Labute approximate surface area is 138 Å². The maximum absolute atomic E-state index is 12.3. The molecule has 1 aliphatic heterocycles. The summed E-state index contributed by atoms with van der Waals surface area (Å²) < 4.78 is 5.32. The average molecular weight is 323 g/mol. The lowest BCUT2D eigenvalue weighted by atomic mass is 9.96. The molecule has 2 heterocycles. The van der Waals surface area contributed by atoms with E-state index in [1.807, 2.05) is 18.2 Å². The van der Waals surface area contributed by atoms with Crippen LogP contribution in [0, 0.1) is 0 Å². The number of nitrogens with zero attached hydrogens (tertiary/aromatic N) is 1. The molecule has 0 amide bonds. The highest BCUT2D eigenvalue weighted by Crippen LogP contribution is 2.34. The van der Waals surface area contributed by atoms with E-state index >= 15 is 0 Å². The maximum atomic E-state index is 12.3. The normalized spacial score (nSPS) is 14.7. The fourth-order valence-corrected chi connectivity index (χ4v) is 3.39. The van der Waals surface area contributed by atoms with E-state index < -0.39 is 5.63 Å². The molecule has 0 atom stereocenters. The molecule has 0 aliphatic carbocycles. The monoisotopic (exact) mass is 323 g/mol. The molecule has 4 rings (SSSR count). The molecule has 3 aromatic rings. The van der Waals surface area contributed by atoms with Crippen molar-refractivity contribution in [3.8, 4) is 11.5 Å². The van der Waals surface area contributed by atoms with Crippen molar-refractivity contribution in [3.63, 3.8) is 0 Å². The van der Waals surface area contributed by atoms with Gasteiger partial charge in [0.15, 0.2) is 0 Å². The van der Waals surface area contributed by atoms with Crippen molar-refractivity contribution in [2.75, 3.05) is 6.54 Å². The molecule has 24 heavy (non-hydrogen) atoms. The Bertz CT molecular complexity index is 963. The number of rotatable bonds is 2. The summed E-state index contributed by atoms with van der Waals surface area (Å²) in [5.41, 5.74) is 2.43. The first-order valence-electron chi connectivity index (χ1n) is 7.88. The van der Waals surface area contributed by atoms with Gasteiger partial charge in [0.05, 0.1) is 10.9 Å². The fraction of sp³-hybridized carbons (Fsp3) is 0.211. The first kappa shape index (κ1) is 14.8. The number of benzene rings is 2. The van der Waals surface area contributed by atoms with Gasteiger partial charge in [-0.2, -0.15) is 0 Å². The van der Waals surface area contributed by atoms with Crippen molar-refractivity contribution < 1.29 is 14.6 Å². The number of phenolic OH excluding ortho intramolecular Hbond substituents is 2. The summed E-state index contributed by atoms with van der Waals surface area (Å²) in [6, 6.07) is 12.7. The van der Waals surface area contributed by atoms with E-state index in [0.717, 1.165) is 18.7 Å². The molecule has 0 spiro atoms. The average Bonchev–Trinajstić information content (AvgIpc) is 2.55. The number of hydrogen-bond acceptors (Lipinski definition) is 5. The van der Waals surface area contributed by atoms with Gasteiger partial charge in [-0.25, -0.2) is 4.79 Å². The van der Waals surface area contributed by atoms with Gasteiger partial charge < -0.3 is 14.6 Å². The summed E-state index contributed by atoms with van der Waals surface area (Å²) in [7, 11) is 0. The predicted octanol–water partition coefficient (Wildman–Crippen LogP) is 2.76. The van der Waals surface area contributed by atoms with Crippen LogP contribution >= 0.6 is 0 Å². The number of phenols is 2. The summed E-state index contributed by atoms with van der Waals surface area (Å²) in [5.74, 6) is -0.175. The highest BCUT2D eigenvalue weighted by molar-refractivity contribution is 5.88. The second kappa shape index (κ2) is 5.69. The van der Waals surface area contributed by atoms with E-state index in [2.05, 4.69) is 17.0 Å². The summed E-state index contributed by atoms with van der Waals surface area (Å²) in [4.78, 5) is 14.5. The molecule has 2 aromatic carbocycles. The van der Waals surface area contributed by atoms with Gasteiger partial charge in [-0.1, -0.05) is 30.3 Å². The van der Waals surface area contributed by atoms with Gasteiger partial charge in [-0.15, -0.1) is 0 Å². The smallest absolute Gasteiger partial charge is 0.341 e. The van der Waals surface area contributed by atoms with Crippen LogP contribution in [-0.2, 0) is 19.5 Å². The number of hydrogen-bond donors (Lipinski definition) is 2. The fourth-order valence-electron chi connectivity index (χ4n) is 3.39. The van der Waals surface area contributed by atoms with Gasteiger partial charge in [0.25, 0.3) is 0 Å². The van der Waals surface area contributed by atoms with E-state index in [1.54, 1.807) is 0 Å². The van der Waals surface area contributed by atoms with E-state index in [-0.39, 0.29) is 17.1 Å². The van der Waals surface area contributed by atoms with Crippen molar-refractivity contribution in [2.45, 2.75) is 19.5 Å². The van der Waals surface area contributed by atoms with Crippen molar-refractivity contribution in [1.82, 2.24) is 4.90 Å². The van der Waals surface area contributed by atoms with Crippen molar-refractivity contribution in [3.05, 3.63) is 69.6 Å². The molecule has 0 unspecified atom stereocenters. The molecule has 0 radical (unpaired) electrons. The molecule has 5 nitrogen and oxygen atoms in total. The quantitative estimate of drug-likeness (QED) is 0.709. The van der Waals surface area contributed by atoms with Crippen molar-refractivity contribution in [1.29, 1.82) is 0 Å². The Hall–Kier alpha value is -2.79. The summed E-state index contributed by atoms with van der Waals surface area (Å²) in [6.07, 6.45) is 0.655. The Kier molecular flexibility index (Phi) is 3.50. The summed E-state index contributed by atoms with van der Waals surface area (Å²) >= 11 is 0. The molecule has 0 fully saturated rings. The van der Waals surface area contributed by atoms with Crippen LogP contribution in [0.3, 0.4) is 0 Å². The maximum Gasteiger partial charge on any atom is 0.341 e. The van der Waals surface area contributed by atoms with Crippen LogP contribution in [0.2, 0.25) is 0 Å². The van der Waals surface area contributed by atoms with Crippen LogP contribution in [0.15, 0.2) is 51.7 Å². The van der Waals surface area contributed by atoms with Crippen LogP contribution in [0.1, 0.15) is 16.7 Å². The van der Waals surface area contributed by atoms with Crippen LogP contribution in [-0.4, -0.2) is 21.7 Å². The Morgan fingerprint density at radius 1 is 1.08 bits per heavy atom. The van der Waals surface area contributed by atoms with Crippen molar-refractivity contribution >= 4 is 11.0 Å². The lowest BCUT2D eigenvalue weighted by molar-refractivity contribution is 0.241. The Morgan fingerprint density at radius 2 is 1.88 bits per heavy atom. The molecule has 0 saturated carbocycles. The zero-order chi connectivity index (χ0) is 16.7. The van der Waals surface area contributed by atoms with Crippen molar-refractivity contribution in [2.24, 2.45) is 0 Å². The summed E-state index contributed by atoms with van der Waals surface area (Å²) in [6.45, 7) is 2.04. The largest absolute Gasteiger partial charge is 0.508 e. The third-order valence-corrected chi connectivity index (χ3v) is 4.49. The molecule has 2 N–H and O–H groups in total. The Balaban J connectivity index is 1.74. The van der Waals surface area contributed by atoms with Gasteiger partial charge in [0.1, 0.15) is 17.1 Å². The predicted molar refractivity (Wildman–Crippen MR) is 90.1 cm³/mol. The molecular weight excluding hydrogens is 306 g/mol. The highest BCUT2D eigenvalue weighted by Gasteiger charge is 2.24. The number of aromatic hydroxyl groups is 2. The standard InChI is InChI=1S/C19H17NO4/c21-13-8-16(22)18-14-6-7-20(10-12-4-2-1-3-5-12)11-15(14)19(23)24-17(18)9-13/h1-5,8-9,21-22H,6-7,10-11H2. The second-order valence-corrected chi connectivity index (χ2v) is 6.13. The topological polar surface area (TPSA) is 73.9 Å². The third-order valence-electron chi connectivity index (χ3n) is 4.49. The zero-order valence-electron chi connectivity index (χ0n) is 13.0. The minimum absolute atomic E-state index is 0.0542. The molecule has 122 valence electrons. The molecule has 1 aliphatic rings. The van der Waals surface area contributed by atoms with Gasteiger partial charge in [-0.3, -0.25) is 4.90 Å². The molecule has 5 heteroatoms. The van der Waals surface area contributed by atoms with E-state index in [1.165, 1.54) is 17.7 Å². The lowest BCUT2D eigenvalue weighted by Gasteiger charge is -2.28. The van der Waals surface area contributed by atoms with Gasteiger partial charge in [0.2, 0.25) is 0 Å². The minimum atomic E-state index is -0.403. The van der Waals surface area contributed by atoms with Gasteiger partial charge >= 0.3 is 5.63 Å². The van der Waals surface area contributed by atoms with Gasteiger partial charge in [0, 0.05) is 31.8 Å². The third kappa shape index (κ3) is 2.53. The molecule has 1 aromatic heterocycles. The van der Waals surface area contributed by atoms with Gasteiger partial charge in [-0.05, 0) is 17.5 Å². The van der Waals surface area contributed by atoms with Crippen LogP contribution in [0.5, 0.6) is 11.5 Å². The summed E-state index contributed by atoms with van der Waals surface area (Å²) in [5, 5.41) is 20.3. The Morgan fingerprint density at radius 3 is 2.67 bits per heavy atom. The SMILES string of the molecule is O=c1oc2cc(O)cc(O)c2c2c1CN(Cc1ccccc1)CC2. The van der Waals surface area contributed by atoms with Crippen LogP contribution in [0.25, 0.3) is 11.0 Å². The molecule has 0 saturated heterocycles. The van der Waals surface area contributed by atoms with E-state index in [0.29, 0.717) is 23.9 Å². The zero-order valence-corrected chi connectivity index (χ0v) is 13.0. The first-order chi connectivity index (χ1) is 11.6. The number of fused-ring (bicyclic) bond motifs is 3. The van der Waals surface area contributed by atoms with E-state index in [4.69, 9.17) is 4.42 Å². The van der Waals surface area contributed by atoms with Crippen LogP contribution < -0.4 is 5.63 Å². The van der Waals surface area contributed by atoms with E-state index in [9.17, 15) is 15.0 Å².